The molecule has 0 radical (unpaired) electrons. The van der Waals surface area contributed by atoms with E-state index >= 15 is 0 Å². The Bertz CT molecular complexity index is 425. The van der Waals surface area contributed by atoms with Crippen LogP contribution in [0.4, 0.5) is 0 Å². The Morgan fingerprint density at radius 2 is 2.11 bits per heavy atom. The molecule has 3 rings (SSSR count). The monoisotopic (exact) mass is 246 g/mol. The molecule has 2 unspecified atom stereocenters. The summed E-state index contributed by atoms with van der Waals surface area (Å²) in [6.45, 7) is 2.87. The van der Waals surface area contributed by atoms with E-state index in [4.69, 9.17) is 4.74 Å². The van der Waals surface area contributed by atoms with Gasteiger partial charge in [-0.1, -0.05) is 31.2 Å². The lowest BCUT2D eigenvalue weighted by atomic mass is 9.84. The highest BCUT2D eigenvalue weighted by atomic mass is 16.5. The molecule has 1 aromatic rings. The van der Waals surface area contributed by atoms with Crippen molar-refractivity contribution in [3.8, 4) is 0 Å². The molecule has 2 atom stereocenters. The fourth-order valence-electron chi connectivity index (χ4n) is 3.19. The van der Waals surface area contributed by atoms with E-state index in [2.05, 4.69) is 31.2 Å². The van der Waals surface area contributed by atoms with E-state index < -0.39 is 5.60 Å². The molecule has 98 valence electrons. The number of hydrogen-bond acceptors (Lipinski definition) is 2. The molecule has 1 N–H and O–H groups in total. The van der Waals surface area contributed by atoms with Crippen LogP contribution in [-0.2, 0) is 11.2 Å². The van der Waals surface area contributed by atoms with Crippen LogP contribution in [0.5, 0.6) is 0 Å². The Morgan fingerprint density at radius 3 is 2.83 bits per heavy atom. The van der Waals surface area contributed by atoms with E-state index in [9.17, 15) is 5.11 Å². The summed E-state index contributed by atoms with van der Waals surface area (Å²) in [5, 5.41) is 10.8. The molecule has 1 aliphatic heterocycles. The summed E-state index contributed by atoms with van der Waals surface area (Å²) < 4.78 is 5.92. The van der Waals surface area contributed by atoms with Crippen molar-refractivity contribution in [3.63, 3.8) is 0 Å². The standard InChI is InChI=1S/C16H22O2/c1-2-16(17,13-7-8-13)11-15-14-6-4-3-5-12(14)9-10-18-15/h3-6,13,15,17H,2,7-11H2,1H3. The van der Waals surface area contributed by atoms with Gasteiger partial charge in [-0.05, 0) is 42.7 Å². The summed E-state index contributed by atoms with van der Waals surface area (Å²) in [7, 11) is 0. The summed E-state index contributed by atoms with van der Waals surface area (Å²) in [6, 6.07) is 8.51. The molecule has 1 heterocycles. The number of aliphatic hydroxyl groups is 1. The van der Waals surface area contributed by atoms with E-state index in [-0.39, 0.29) is 6.10 Å². The lowest BCUT2D eigenvalue weighted by Gasteiger charge is -2.34. The average molecular weight is 246 g/mol. The second kappa shape index (κ2) is 4.67. The molecule has 18 heavy (non-hydrogen) atoms. The lowest BCUT2D eigenvalue weighted by molar-refractivity contribution is -0.0603. The third-order valence-corrected chi connectivity index (χ3v) is 4.58. The lowest BCUT2D eigenvalue weighted by Crippen LogP contribution is -2.34. The third kappa shape index (κ3) is 2.19. The van der Waals surface area contributed by atoms with Crippen LogP contribution in [-0.4, -0.2) is 17.3 Å². The fraction of sp³-hybridized carbons (Fsp3) is 0.625. The van der Waals surface area contributed by atoms with Crippen molar-refractivity contribution in [3.05, 3.63) is 35.4 Å². The Morgan fingerprint density at radius 1 is 1.33 bits per heavy atom. The van der Waals surface area contributed by atoms with Gasteiger partial charge in [0.2, 0.25) is 0 Å². The van der Waals surface area contributed by atoms with Crippen molar-refractivity contribution < 1.29 is 9.84 Å². The molecular weight excluding hydrogens is 224 g/mol. The maximum Gasteiger partial charge on any atom is 0.0855 e. The summed E-state index contributed by atoms with van der Waals surface area (Å²) in [5.74, 6) is 0.500. The zero-order valence-electron chi connectivity index (χ0n) is 11.1. The number of hydrogen-bond donors (Lipinski definition) is 1. The minimum absolute atomic E-state index is 0.0838. The molecule has 0 spiro atoms. The van der Waals surface area contributed by atoms with Crippen LogP contribution in [0.2, 0.25) is 0 Å². The first-order valence-electron chi connectivity index (χ1n) is 7.15. The molecule has 0 saturated heterocycles. The Kier molecular flexibility index (Phi) is 3.16. The topological polar surface area (TPSA) is 29.5 Å². The van der Waals surface area contributed by atoms with Crippen molar-refractivity contribution in [1.82, 2.24) is 0 Å². The maximum atomic E-state index is 10.8. The highest BCUT2D eigenvalue weighted by molar-refractivity contribution is 5.31. The van der Waals surface area contributed by atoms with Gasteiger partial charge in [0.05, 0.1) is 18.3 Å². The fourth-order valence-corrected chi connectivity index (χ4v) is 3.19. The number of ether oxygens (including phenoxy) is 1. The highest BCUT2D eigenvalue weighted by Gasteiger charge is 2.44. The molecule has 0 amide bonds. The van der Waals surface area contributed by atoms with Gasteiger partial charge in [0, 0.05) is 6.42 Å². The van der Waals surface area contributed by atoms with Gasteiger partial charge in [0.1, 0.15) is 0 Å². The SMILES string of the molecule is CCC(O)(CC1OCCc2ccccc21)C1CC1. The second-order valence-corrected chi connectivity index (χ2v) is 5.74. The van der Waals surface area contributed by atoms with Crippen LogP contribution in [0.25, 0.3) is 0 Å². The van der Waals surface area contributed by atoms with Gasteiger partial charge < -0.3 is 9.84 Å². The number of benzene rings is 1. The minimum atomic E-state index is -0.519. The maximum absolute atomic E-state index is 10.8. The van der Waals surface area contributed by atoms with Gasteiger partial charge in [0.25, 0.3) is 0 Å². The zero-order valence-corrected chi connectivity index (χ0v) is 11.1. The van der Waals surface area contributed by atoms with Crippen LogP contribution in [0.3, 0.4) is 0 Å². The van der Waals surface area contributed by atoms with Gasteiger partial charge in [-0.2, -0.15) is 0 Å². The van der Waals surface area contributed by atoms with Gasteiger partial charge in [-0.25, -0.2) is 0 Å². The van der Waals surface area contributed by atoms with Crippen molar-refractivity contribution >= 4 is 0 Å². The quantitative estimate of drug-likeness (QED) is 0.883. The first-order valence-corrected chi connectivity index (χ1v) is 7.15. The largest absolute Gasteiger partial charge is 0.390 e. The molecule has 1 aromatic carbocycles. The Hall–Kier alpha value is -0.860. The predicted molar refractivity (Wildman–Crippen MR) is 71.4 cm³/mol. The molecule has 0 aromatic heterocycles. The van der Waals surface area contributed by atoms with E-state index in [1.54, 1.807) is 0 Å². The van der Waals surface area contributed by atoms with Gasteiger partial charge in [-0.3, -0.25) is 0 Å². The van der Waals surface area contributed by atoms with Crippen molar-refractivity contribution in [1.29, 1.82) is 0 Å². The Labute approximate surface area is 109 Å². The summed E-state index contributed by atoms with van der Waals surface area (Å²) >= 11 is 0. The number of rotatable bonds is 4. The third-order valence-electron chi connectivity index (χ3n) is 4.58. The van der Waals surface area contributed by atoms with Crippen LogP contribution >= 0.6 is 0 Å². The van der Waals surface area contributed by atoms with Gasteiger partial charge >= 0.3 is 0 Å². The van der Waals surface area contributed by atoms with E-state index in [1.165, 1.54) is 24.0 Å². The summed E-state index contributed by atoms with van der Waals surface area (Å²) in [6.07, 6.45) is 5.03. The van der Waals surface area contributed by atoms with Gasteiger partial charge in [-0.15, -0.1) is 0 Å². The first kappa shape index (κ1) is 12.2. The molecule has 1 saturated carbocycles. The van der Waals surface area contributed by atoms with Crippen LogP contribution < -0.4 is 0 Å². The van der Waals surface area contributed by atoms with E-state index in [1.807, 2.05) is 0 Å². The van der Waals surface area contributed by atoms with Gasteiger partial charge in [0.15, 0.2) is 0 Å². The van der Waals surface area contributed by atoms with Crippen LogP contribution in [0, 0.1) is 5.92 Å². The van der Waals surface area contributed by atoms with Crippen molar-refractivity contribution in [2.75, 3.05) is 6.61 Å². The second-order valence-electron chi connectivity index (χ2n) is 5.74. The van der Waals surface area contributed by atoms with E-state index in [0.717, 1.165) is 25.9 Å². The molecule has 2 nitrogen and oxygen atoms in total. The normalized spacial score (nSPS) is 26.4. The summed E-state index contributed by atoms with van der Waals surface area (Å²) in [4.78, 5) is 0. The molecule has 0 bridgehead atoms. The number of fused-ring (bicyclic) bond motifs is 1. The highest BCUT2D eigenvalue weighted by Crippen LogP contribution is 2.47. The zero-order chi connectivity index (χ0) is 12.6. The molecular formula is C16H22O2. The molecule has 1 fully saturated rings. The predicted octanol–water partition coefficient (Wildman–Crippen LogP) is 3.24. The smallest absolute Gasteiger partial charge is 0.0855 e. The molecule has 1 aliphatic carbocycles. The molecule has 2 heteroatoms. The van der Waals surface area contributed by atoms with Crippen molar-refractivity contribution in [2.45, 2.75) is 50.7 Å². The summed E-state index contributed by atoms with van der Waals surface area (Å²) in [5.41, 5.74) is 2.16. The molecule has 2 aliphatic rings. The minimum Gasteiger partial charge on any atom is -0.390 e. The van der Waals surface area contributed by atoms with Crippen LogP contribution in [0.15, 0.2) is 24.3 Å². The van der Waals surface area contributed by atoms with Crippen LogP contribution in [0.1, 0.15) is 49.8 Å². The van der Waals surface area contributed by atoms with E-state index in [0.29, 0.717) is 5.92 Å². The van der Waals surface area contributed by atoms with Crippen molar-refractivity contribution in [2.24, 2.45) is 5.92 Å². The Balaban J connectivity index is 1.81. The first-order chi connectivity index (χ1) is 8.73. The average Bonchev–Trinajstić information content (AvgIpc) is 3.24.